The second-order valence-corrected chi connectivity index (χ2v) is 8.81. The SMILES string of the molecule is CCC[C@@H](NC(=O)Cc1c(C)c2cc3c(-c4ccc(Br)cc4)coc3cc2oc1=O)C(=O)[O-]. The summed E-state index contributed by atoms with van der Waals surface area (Å²) in [4.78, 5) is 36.3. The van der Waals surface area contributed by atoms with E-state index in [0.717, 1.165) is 21.0 Å². The first-order valence-electron chi connectivity index (χ1n) is 10.5. The van der Waals surface area contributed by atoms with Gasteiger partial charge >= 0.3 is 5.63 Å². The number of nitrogens with one attached hydrogen (secondary N) is 1. The van der Waals surface area contributed by atoms with Crippen LogP contribution in [0.15, 0.2) is 60.8 Å². The fraction of sp³-hybridized carbons (Fsp3) is 0.240. The highest BCUT2D eigenvalue weighted by molar-refractivity contribution is 9.10. The lowest BCUT2D eigenvalue weighted by atomic mass is 9.99. The van der Waals surface area contributed by atoms with E-state index in [2.05, 4.69) is 21.2 Å². The van der Waals surface area contributed by atoms with Crippen LogP contribution in [-0.2, 0) is 16.0 Å². The monoisotopic (exact) mass is 510 g/mol. The lowest BCUT2D eigenvalue weighted by Gasteiger charge is -2.19. The summed E-state index contributed by atoms with van der Waals surface area (Å²) < 4.78 is 12.2. The molecule has 170 valence electrons. The standard InChI is InChI=1S/C25H22BrNO6/c1-3-4-20(24(29)30)27-23(28)10-17-13(2)16-9-18-19(14-5-7-15(26)8-6-14)12-32-21(18)11-22(16)33-25(17)31/h5-9,11-12,20H,3-4,10H2,1-2H3,(H,27,28)(H,29,30)/p-1/t20-/m1/s1. The van der Waals surface area contributed by atoms with Gasteiger partial charge in [0, 0.05) is 26.9 Å². The molecule has 0 aliphatic heterocycles. The lowest BCUT2D eigenvalue weighted by molar-refractivity contribution is -0.308. The topological polar surface area (TPSA) is 113 Å². The third kappa shape index (κ3) is 4.57. The van der Waals surface area contributed by atoms with Crippen LogP contribution in [0.25, 0.3) is 33.1 Å². The third-order valence-electron chi connectivity index (χ3n) is 5.67. The van der Waals surface area contributed by atoms with Gasteiger partial charge in [-0.25, -0.2) is 4.79 Å². The van der Waals surface area contributed by atoms with Crippen LogP contribution < -0.4 is 16.0 Å². The summed E-state index contributed by atoms with van der Waals surface area (Å²) in [7, 11) is 0. The molecule has 2 aromatic heterocycles. The van der Waals surface area contributed by atoms with Gasteiger partial charge < -0.3 is 24.1 Å². The molecule has 0 unspecified atom stereocenters. The van der Waals surface area contributed by atoms with E-state index in [1.54, 1.807) is 19.3 Å². The average Bonchev–Trinajstić information content (AvgIpc) is 3.18. The van der Waals surface area contributed by atoms with Crippen molar-refractivity contribution in [3.05, 3.63) is 68.7 Å². The van der Waals surface area contributed by atoms with Gasteiger partial charge in [-0.2, -0.15) is 0 Å². The molecule has 1 amide bonds. The van der Waals surface area contributed by atoms with Gasteiger partial charge in [-0.1, -0.05) is 41.4 Å². The molecule has 0 saturated heterocycles. The molecule has 0 radical (unpaired) electrons. The molecular weight excluding hydrogens is 490 g/mol. The number of amides is 1. The molecule has 0 bridgehead atoms. The van der Waals surface area contributed by atoms with Crippen molar-refractivity contribution in [2.45, 2.75) is 39.2 Å². The first-order valence-corrected chi connectivity index (χ1v) is 11.3. The molecule has 33 heavy (non-hydrogen) atoms. The Morgan fingerprint density at radius 2 is 1.85 bits per heavy atom. The van der Waals surface area contributed by atoms with Crippen molar-refractivity contribution in [2.75, 3.05) is 0 Å². The van der Waals surface area contributed by atoms with Gasteiger partial charge in [0.15, 0.2) is 0 Å². The maximum Gasteiger partial charge on any atom is 0.340 e. The number of carboxylic acid groups (broad SMARTS) is 1. The molecule has 4 aromatic rings. The number of fused-ring (bicyclic) bond motifs is 2. The normalized spacial score (nSPS) is 12.2. The summed E-state index contributed by atoms with van der Waals surface area (Å²) in [6.07, 6.45) is 2.18. The van der Waals surface area contributed by atoms with Crippen LogP contribution in [0.1, 0.15) is 30.9 Å². The zero-order valence-corrected chi connectivity index (χ0v) is 19.7. The summed E-state index contributed by atoms with van der Waals surface area (Å²) in [6, 6.07) is 10.3. The number of benzene rings is 2. The molecule has 2 heterocycles. The van der Waals surface area contributed by atoms with E-state index < -0.39 is 23.5 Å². The second-order valence-electron chi connectivity index (χ2n) is 7.90. The molecule has 1 atom stereocenters. The molecule has 0 fully saturated rings. The van der Waals surface area contributed by atoms with Crippen LogP contribution in [-0.4, -0.2) is 17.9 Å². The first-order chi connectivity index (χ1) is 15.8. The van der Waals surface area contributed by atoms with Crippen molar-refractivity contribution < 1.29 is 23.5 Å². The number of furan rings is 1. The Morgan fingerprint density at radius 3 is 2.52 bits per heavy atom. The van der Waals surface area contributed by atoms with Crippen molar-refractivity contribution in [3.8, 4) is 11.1 Å². The smallest absolute Gasteiger partial charge is 0.340 e. The number of carbonyl (C=O) groups excluding carboxylic acids is 2. The van der Waals surface area contributed by atoms with Crippen molar-refractivity contribution in [1.82, 2.24) is 5.32 Å². The molecule has 0 aliphatic rings. The van der Waals surface area contributed by atoms with Crippen molar-refractivity contribution in [2.24, 2.45) is 0 Å². The van der Waals surface area contributed by atoms with E-state index >= 15 is 0 Å². The fourth-order valence-corrected chi connectivity index (χ4v) is 4.18. The molecule has 0 saturated carbocycles. The quantitative estimate of drug-likeness (QED) is 0.377. The highest BCUT2D eigenvalue weighted by atomic mass is 79.9. The van der Waals surface area contributed by atoms with Gasteiger partial charge in [0.25, 0.3) is 0 Å². The Balaban J connectivity index is 1.74. The minimum atomic E-state index is -1.35. The Kier molecular flexibility index (Phi) is 6.37. The maximum atomic E-state index is 12.6. The highest BCUT2D eigenvalue weighted by Gasteiger charge is 2.19. The summed E-state index contributed by atoms with van der Waals surface area (Å²) >= 11 is 3.43. The molecular formula is C25H21BrNO6-. The number of hydrogen-bond acceptors (Lipinski definition) is 6. The van der Waals surface area contributed by atoms with Crippen molar-refractivity contribution in [1.29, 1.82) is 0 Å². The van der Waals surface area contributed by atoms with Gasteiger partial charge in [0.2, 0.25) is 5.91 Å². The minimum absolute atomic E-state index is 0.182. The number of carboxylic acids is 1. The van der Waals surface area contributed by atoms with Gasteiger partial charge in [-0.05, 0) is 42.7 Å². The van der Waals surface area contributed by atoms with Crippen LogP contribution in [0, 0.1) is 6.92 Å². The van der Waals surface area contributed by atoms with E-state index in [-0.39, 0.29) is 18.4 Å². The number of carbonyl (C=O) groups is 2. The van der Waals surface area contributed by atoms with E-state index in [4.69, 9.17) is 8.83 Å². The van der Waals surface area contributed by atoms with Gasteiger partial charge in [-0.3, -0.25) is 4.79 Å². The number of rotatable bonds is 7. The zero-order chi connectivity index (χ0) is 23.7. The van der Waals surface area contributed by atoms with Gasteiger partial charge in [-0.15, -0.1) is 0 Å². The molecule has 4 rings (SSSR count). The number of hydrogen-bond donors (Lipinski definition) is 1. The predicted molar refractivity (Wildman–Crippen MR) is 126 cm³/mol. The first kappa shape index (κ1) is 22.8. The number of aliphatic carboxylic acids is 1. The zero-order valence-electron chi connectivity index (χ0n) is 18.1. The van der Waals surface area contributed by atoms with Crippen LogP contribution in [0.5, 0.6) is 0 Å². The van der Waals surface area contributed by atoms with E-state index in [0.29, 0.717) is 28.5 Å². The number of halogens is 1. The molecule has 0 aliphatic carbocycles. The van der Waals surface area contributed by atoms with E-state index in [9.17, 15) is 19.5 Å². The third-order valence-corrected chi connectivity index (χ3v) is 6.20. The van der Waals surface area contributed by atoms with Crippen LogP contribution >= 0.6 is 15.9 Å². The average molecular weight is 511 g/mol. The maximum absolute atomic E-state index is 12.6. The van der Waals surface area contributed by atoms with Crippen molar-refractivity contribution >= 4 is 49.7 Å². The second kappa shape index (κ2) is 9.23. The Morgan fingerprint density at radius 1 is 1.12 bits per heavy atom. The Bertz CT molecular complexity index is 1420. The van der Waals surface area contributed by atoms with Gasteiger partial charge in [0.05, 0.1) is 30.3 Å². The summed E-state index contributed by atoms with van der Waals surface area (Å²) in [5.41, 5.74) is 2.92. The molecule has 8 heteroatoms. The van der Waals surface area contributed by atoms with Gasteiger partial charge in [0.1, 0.15) is 11.2 Å². The summed E-state index contributed by atoms with van der Waals surface area (Å²) in [5.74, 6) is -1.93. The molecule has 2 aromatic carbocycles. The van der Waals surface area contributed by atoms with E-state index in [1.807, 2.05) is 37.3 Å². The van der Waals surface area contributed by atoms with E-state index in [1.165, 1.54) is 0 Å². The number of aryl methyl sites for hydroxylation is 1. The Labute approximate surface area is 197 Å². The summed E-state index contributed by atoms with van der Waals surface area (Å²) in [5, 5.41) is 15.2. The van der Waals surface area contributed by atoms with Crippen LogP contribution in [0.2, 0.25) is 0 Å². The van der Waals surface area contributed by atoms with Crippen molar-refractivity contribution in [3.63, 3.8) is 0 Å². The van der Waals surface area contributed by atoms with Crippen LogP contribution in [0.3, 0.4) is 0 Å². The predicted octanol–water partition coefficient (Wildman–Crippen LogP) is 3.85. The highest BCUT2D eigenvalue weighted by Crippen LogP contribution is 2.35. The minimum Gasteiger partial charge on any atom is -0.548 e. The molecule has 0 spiro atoms. The van der Waals surface area contributed by atoms with Crippen LogP contribution in [0.4, 0.5) is 0 Å². The Hall–Kier alpha value is -3.39. The molecule has 1 N–H and O–H groups in total. The largest absolute Gasteiger partial charge is 0.548 e. The summed E-state index contributed by atoms with van der Waals surface area (Å²) in [6.45, 7) is 3.55. The molecule has 7 nitrogen and oxygen atoms in total. The lowest BCUT2D eigenvalue weighted by Crippen LogP contribution is -2.48. The fourth-order valence-electron chi connectivity index (χ4n) is 3.91.